The van der Waals surface area contributed by atoms with Crippen molar-refractivity contribution in [2.75, 3.05) is 0 Å². The van der Waals surface area contributed by atoms with E-state index < -0.39 is 10.5 Å². The van der Waals surface area contributed by atoms with E-state index in [1.54, 1.807) is 54.6 Å². The molecule has 0 bridgehead atoms. The van der Waals surface area contributed by atoms with Crippen molar-refractivity contribution in [3.63, 3.8) is 0 Å². The molecule has 4 aromatic rings. The molecule has 3 aromatic carbocycles. The molecule has 1 heterocycles. The van der Waals surface area contributed by atoms with Crippen LogP contribution in [0.3, 0.4) is 0 Å². The smallest absolute Gasteiger partial charge is 0.336 e. The first kappa shape index (κ1) is 19.0. The normalized spacial score (nSPS) is 11.1. The lowest BCUT2D eigenvalue weighted by Crippen LogP contribution is -1.98. The molecule has 0 aliphatic carbocycles. The lowest BCUT2D eigenvalue weighted by atomic mass is 9.99. The number of ketones is 1. The number of allylic oxidation sites excluding steroid dienone is 1. The molecule has 30 heavy (non-hydrogen) atoms. The Morgan fingerprint density at radius 3 is 2.33 bits per heavy atom. The predicted octanol–water partition coefficient (Wildman–Crippen LogP) is 5.26. The first-order chi connectivity index (χ1) is 14.5. The highest BCUT2D eigenvalue weighted by Gasteiger charge is 2.09. The number of hydrogen-bond acceptors (Lipinski definition) is 5. The van der Waals surface area contributed by atoms with Gasteiger partial charge in [0.2, 0.25) is 0 Å². The molecule has 6 nitrogen and oxygen atoms in total. The van der Waals surface area contributed by atoms with Gasteiger partial charge in [0.25, 0.3) is 5.69 Å². The molecule has 0 unspecified atom stereocenters. The molecule has 4 rings (SSSR count). The fourth-order valence-corrected chi connectivity index (χ4v) is 3.14. The SMILES string of the molecule is O=C(C=Cc1ccc([N+](=O)[O-])cc1)c1ccc(-c2cc(=O)oc3ccccc23)cc1. The number of hydrogen-bond donors (Lipinski definition) is 0. The van der Waals surface area contributed by atoms with Crippen LogP contribution in [0.25, 0.3) is 28.2 Å². The van der Waals surface area contributed by atoms with Crippen LogP contribution in [-0.4, -0.2) is 10.7 Å². The molecule has 0 fully saturated rings. The fraction of sp³-hybridized carbons (Fsp3) is 0. The Morgan fingerprint density at radius 1 is 0.933 bits per heavy atom. The topological polar surface area (TPSA) is 90.4 Å². The summed E-state index contributed by atoms with van der Waals surface area (Å²) in [6, 6.07) is 21.6. The average molecular weight is 397 g/mol. The van der Waals surface area contributed by atoms with Crippen LogP contribution in [0.15, 0.2) is 94.2 Å². The summed E-state index contributed by atoms with van der Waals surface area (Å²) < 4.78 is 5.22. The summed E-state index contributed by atoms with van der Waals surface area (Å²) >= 11 is 0. The van der Waals surface area contributed by atoms with Gasteiger partial charge in [0.15, 0.2) is 5.78 Å². The Kier molecular flexibility index (Phi) is 5.05. The quantitative estimate of drug-likeness (QED) is 0.151. The molecule has 0 aliphatic heterocycles. The highest BCUT2D eigenvalue weighted by Crippen LogP contribution is 2.27. The zero-order valence-electron chi connectivity index (χ0n) is 15.6. The molecule has 0 saturated heterocycles. The minimum absolute atomic E-state index is 0.00321. The van der Waals surface area contributed by atoms with Crippen LogP contribution >= 0.6 is 0 Å². The number of nitrogens with zero attached hydrogens (tertiary/aromatic N) is 1. The van der Waals surface area contributed by atoms with Gasteiger partial charge >= 0.3 is 5.63 Å². The monoisotopic (exact) mass is 397 g/mol. The molecular formula is C24H15NO5. The molecule has 0 spiro atoms. The molecule has 1 aromatic heterocycles. The summed E-state index contributed by atoms with van der Waals surface area (Å²) in [5, 5.41) is 11.5. The van der Waals surface area contributed by atoms with Gasteiger partial charge in [-0.1, -0.05) is 48.5 Å². The second-order valence-electron chi connectivity index (χ2n) is 6.60. The number of carbonyl (C=O) groups is 1. The van der Waals surface area contributed by atoms with Gasteiger partial charge in [-0.3, -0.25) is 14.9 Å². The maximum atomic E-state index is 12.4. The van der Waals surface area contributed by atoms with Crippen molar-refractivity contribution in [1.29, 1.82) is 0 Å². The van der Waals surface area contributed by atoms with Gasteiger partial charge in [-0.05, 0) is 41.0 Å². The van der Waals surface area contributed by atoms with E-state index in [2.05, 4.69) is 0 Å². The number of rotatable bonds is 5. The Hall–Kier alpha value is -4.32. The summed E-state index contributed by atoms with van der Waals surface area (Å²) in [5.41, 5.74) is 2.78. The van der Waals surface area contributed by atoms with Crippen LogP contribution < -0.4 is 5.63 Å². The largest absolute Gasteiger partial charge is 0.423 e. The Labute approximate surface area is 170 Å². The minimum atomic E-state index is -0.472. The van der Waals surface area contributed by atoms with Gasteiger partial charge in [0, 0.05) is 29.1 Å². The van der Waals surface area contributed by atoms with Crippen LogP contribution in [-0.2, 0) is 0 Å². The van der Waals surface area contributed by atoms with Crippen LogP contribution in [0, 0.1) is 10.1 Å². The molecule has 0 saturated carbocycles. The van der Waals surface area contributed by atoms with E-state index in [9.17, 15) is 19.7 Å². The average Bonchev–Trinajstić information content (AvgIpc) is 2.77. The number of non-ortho nitro benzene ring substituents is 1. The summed E-state index contributed by atoms with van der Waals surface area (Å²) in [4.78, 5) is 34.5. The molecule has 0 N–H and O–H groups in total. The molecule has 0 radical (unpaired) electrons. The zero-order valence-corrected chi connectivity index (χ0v) is 15.6. The maximum Gasteiger partial charge on any atom is 0.336 e. The summed E-state index contributed by atoms with van der Waals surface area (Å²) in [6.07, 6.45) is 3.03. The first-order valence-corrected chi connectivity index (χ1v) is 9.11. The van der Waals surface area contributed by atoms with E-state index in [0.29, 0.717) is 16.7 Å². The molecule has 0 atom stereocenters. The summed E-state index contributed by atoms with van der Waals surface area (Å²) in [5.74, 6) is -0.197. The van der Waals surface area contributed by atoms with E-state index in [-0.39, 0.29) is 11.5 Å². The number of benzene rings is 3. The van der Waals surface area contributed by atoms with E-state index in [1.807, 2.05) is 12.1 Å². The Morgan fingerprint density at radius 2 is 1.63 bits per heavy atom. The van der Waals surface area contributed by atoms with E-state index >= 15 is 0 Å². The van der Waals surface area contributed by atoms with Crippen LogP contribution in [0.1, 0.15) is 15.9 Å². The van der Waals surface area contributed by atoms with Gasteiger partial charge in [0.1, 0.15) is 5.58 Å². The summed E-state index contributed by atoms with van der Waals surface area (Å²) in [6.45, 7) is 0. The molecule has 0 amide bonds. The van der Waals surface area contributed by atoms with Crippen molar-refractivity contribution >= 4 is 28.5 Å². The van der Waals surface area contributed by atoms with Crippen molar-refractivity contribution in [3.8, 4) is 11.1 Å². The highest BCUT2D eigenvalue weighted by molar-refractivity contribution is 6.07. The third-order valence-electron chi connectivity index (χ3n) is 4.66. The maximum absolute atomic E-state index is 12.4. The van der Waals surface area contributed by atoms with Gasteiger partial charge in [-0.15, -0.1) is 0 Å². The number of nitro groups is 1. The number of fused-ring (bicyclic) bond motifs is 1. The van der Waals surface area contributed by atoms with Gasteiger partial charge in [-0.25, -0.2) is 4.79 Å². The standard InChI is InChI=1S/C24H15NO5/c26-22(14-7-16-5-12-19(13-6-16)25(28)29)18-10-8-17(9-11-18)21-15-24(27)30-23-4-2-1-3-20(21)23/h1-15H. The van der Waals surface area contributed by atoms with E-state index in [4.69, 9.17) is 4.42 Å². The van der Waals surface area contributed by atoms with Crippen LogP contribution in [0.4, 0.5) is 5.69 Å². The van der Waals surface area contributed by atoms with E-state index in [0.717, 1.165) is 16.5 Å². The highest BCUT2D eigenvalue weighted by atomic mass is 16.6. The number of nitro benzene ring substituents is 1. The zero-order chi connectivity index (χ0) is 21.1. The molecule has 0 aliphatic rings. The van der Waals surface area contributed by atoms with Crippen molar-refractivity contribution in [1.82, 2.24) is 0 Å². The van der Waals surface area contributed by atoms with Gasteiger partial charge < -0.3 is 4.42 Å². The molecule has 146 valence electrons. The van der Waals surface area contributed by atoms with E-state index in [1.165, 1.54) is 24.3 Å². The van der Waals surface area contributed by atoms with Crippen molar-refractivity contribution in [2.24, 2.45) is 0 Å². The predicted molar refractivity (Wildman–Crippen MR) is 114 cm³/mol. The third kappa shape index (κ3) is 3.93. The lowest BCUT2D eigenvalue weighted by molar-refractivity contribution is -0.384. The van der Waals surface area contributed by atoms with Crippen LogP contribution in [0.5, 0.6) is 0 Å². The molecule has 6 heteroatoms. The minimum Gasteiger partial charge on any atom is -0.423 e. The Bertz CT molecular complexity index is 1330. The van der Waals surface area contributed by atoms with Crippen molar-refractivity contribution in [2.45, 2.75) is 0 Å². The second-order valence-corrected chi connectivity index (χ2v) is 6.60. The summed E-state index contributed by atoms with van der Waals surface area (Å²) in [7, 11) is 0. The van der Waals surface area contributed by atoms with Crippen molar-refractivity contribution in [3.05, 3.63) is 117 Å². The van der Waals surface area contributed by atoms with Gasteiger partial charge in [0.05, 0.1) is 4.92 Å². The lowest BCUT2D eigenvalue weighted by Gasteiger charge is -2.06. The second kappa shape index (κ2) is 7.97. The number of carbonyl (C=O) groups excluding carboxylic acids is 1. The third-order valence-corrected chi connectivity index (χ3v) is 4.66. The Balaban J connectivity index is 1.57. The van der Waals surface area contributed by atoms with Crippen LogP contribution in [0.2, 0.25) is 0 Å². The fourth-order valence-electron chi connectivity index (χ4n) is 3.14. The van der Waals surface area contributed by atoms with Gasteiger partial charge in [-0.2, -0.15) is 0 Å². The molecular weight excluding hydrogens is 382 g/mol. The number of para-hydroxylation sites is 1. The first-order valence-electron chi connectivity index (χ1n) is 9.11. The van der Waals surface area contributed by atoms with Crippen molar-refractivity contribution < 1.29 is 14.1 Å².